The van der Waals surface area contributed by atoms with E-state index in [1.165, 1.54) is 82.8 Å². The fourth-order valence-electron chi connectivity index (χ4n) is 8.41. The molecule has 0 atom stereocenters. The zero-order valence-corrected chi connectivity index (χ0v) is 28.7. The summed E-state index contributed by atoms with van der Waals surface area (Å²) in [6, 6.07) is 59.9. The van der Waals surface area contributed by atoms with E-state index in [4.69, 9.17) is 0 Å². The predicted octanol–water partition coefficient (Wildman–Crippen LogP) is 13.0. The summed E-state index contributed by atoms with van der Waals surface area (Å²) < 4.78 is 2.47. The monoisotopic (exact) mass is 673 g/mol. The third-order valence-electron chi connectivity index (χ3n) is 11.0. The molecule has 0 aliphatic heterocycles. The van der Waals surface area contributed by atoms with E-state index in [0.717, 1.165) is 22.3 Å². The lowest BCUT2D eigenvalue weighted by molar-refractivity contribution is 1.20. The molecule has 7 aromatic carbocycles. The maximum atomic E-state index is 4.32. The number of fused-ring (bicyclic) bond motifs is 6. The molecule has 3 heteroatoms. The van der Waals surface area contributed by atoms with Crippen LogP contribution in [0.3, 0.4) is 0 Å². The highest BCUT2D eigenvalue weighted by molar-refractivity contribution is 6.19. The van der Waals surface area contributed by atoms with Gasteiger partial charge in [-0.1, -0.05) is 121 Å². The van der Waals surface area contributed by atoms with Crippen LogP contribution in [0, 0.1) is 0 Å². The van der Waals surface area contributed by atoms with E-state index in [-0.39, 0.29) is 0 Å². The van der Waals surface area contributed by atoms with Gasteiger partial charge in [-0.05, 0) is 115 Å². The molecule has 10 aromatic rings. The van der Waals surface area contributed by atoms with E-state index in [0.29, 0.717) is 0 Å². The summed E-state index contributed by atoms with van der Waals surface area (Å²) in [5.74, 6) is 0. The van der Waals surface area contributed by atoms with Crippen molar-refractivity contribution in [1.29, 1.82) is 0 Å². The summed E-state index contributed by atoms with van der Waals surface area (Å²) in [4.78, 5) is 8.63. The molecule has 1 aliphatic carbocycles. The zero-order valence-electron chi connectivity index (χ0n) is 28.7. The van der Waals surface area contributed by atoms with Crippen LogP contribution in [0.5, 0.6) is 0 Å². The Kier molecular flexibility index (Phi) is 6.55. The first-order chi connectivity index (χ1) is 26.3. The summed E-state index contributed by atoms with van der Waals surface area (Å²) in [6.45, 7) is 0. The molecule has 0 spiro atoms. The van der Waals surface area contributed by atoms with Gasteiger partial charge in [0.2, 0.25) is 0 Å². The average molecular weight is 674 g/mol. The van der Waals surface area contributed by atoms with E-state index >= 15 is 0 Å². The molecule has 1 aliphatic rings. The van der Waals surface area contributed by atoms with Gasteiger partial charge in [-0.15, -0.1) is 0 Å². The van der Waals surface area contributed by atoms with E-state index in [9.17, 15) is 0 Å². The summed E-state index contributed by atoms with van der Waals surface area (Å²) in [5.41, 5.74) is 18.1. The second-order valence-electron chi connectivity index (χ2n) is 13.8. The number of pyridine rings is 2. The zero-order chi connectivity index (χ0) is 34.9. The quantitative estimate of drug-likeness (QED) is 0.182. The van der Waals surface area contributed by atoms with Gasteiger partial charge >= 0.3 is 0 Å². The highest BCUT2D eigenvalue weighted by Gasteiger charge is 2.24. The van der Waals surface area contributed by atoms with Gasteiger partial charge in [0.1, 0.15) is 0 Å². The van der Waals surface area contributed by atoms with Gasteiger partial charge < -0.3 is 4.57 Å². The molecule has 0 saturated heterocycles. The first kappa shape index (κ1) is 29.6. The standard InChI is InChI=1S/C50H31N3/c1-2-9-41-40(8-1)42-10-3-11-44-47(25-22-43(41)50(42)44)53-48-23-20-36(32-12-16-34(17-13-32)38-6-4-26-51-30-38)28-45(48)46-29-37(21-24-49(46)53)33-14-18-35(19-15-33)39-7-5-27-52-31-39/h1-31H. The normalized spacial score (nSPS) is 11.8. The van der Waals surface area contributed by atoms with Crippen LogP contribution in [0.1, 0.15) is 0 Å². The average Bonchev–Trinajstić information content (AvgIpc) is 3.74. The van der Waals surface area contributed by atoms with Crippen molar-refractivity contribution in [2.24, 2.45) is 0 Å². The maximum Gasteiger partial charge on any atom is 0.0541 e. The van der Waals surface area contributed by atoms with Crippen LogP contribution < -0.4 is 0 Å². The highest BCUT2D eigenvalue weighted by atomic mass is 15.0. The Labute approximate surface area is 307 Å². The largest absolute Gasteiger partial charge is 0.309 e. The molecule has 53 heavy (non-hydrogen) atoms. The van der Waals surface area contributed by atoms with E-state index in [1.807, 2.05) is 36.9 Å². The number of rotatable bonds is 5. The molecule has 11 rings (SSSR count). The van der Waals surface area contributed by atoms with Gasteiger partial charge in [-0.3, -0.25) is 9.97 Å². The van der Waals surface area contributed by atoms with Gasteiger partial charge in [0.25, 0.3) is 0 Å². The van der Waals surface area contributed by atoms with Crippen molar-refractivity contribution in [2.45, 2.75) is 0 Å². The van der Waals surface area contributed by atoms with Gasteiger partial charge in [0.15, 0.2) is 0 Å². The lowest BCUT2D eigenvalue weighted by Gasteiger charge is -2.14. The van der Waals surface area contributed by atoms with Gasteiger partial charge in [-0.2, -0.15) is 0 Å². The Hall–Kier alpha value is -7.10. The molecule has 3 heterocycles. The predicted molar refractivity (Wildman–Crippen MR) is 220 cm³/mol. The Morgan fingerprint density at radius 3 is 1.30 bits per heavy atom. The number of benzene rings is 7. The number of nitrogens with zero attached hydrogens (tertiary/aromatic N) is 3. The maximum absolute atomic E-state index is 4.32. The molecule has 3 nitrogen and oxygen atoms in total. The smallest absolute Gasteiger partial charge is 0.0541 e. The molecule has 0 radical (unpaired) electrons. The molecular formula is C50H31N3. The van der Waals surface area contributed by atoms with Gasteiger partial charge in [-0.25, -0.2) is 0 Å². The second kappa shape index (κ2) is 11.7. The second-order valence-corrected chi connectivity index (χ2v) is 13.8. The summed E-state index contributed by atoms with van der Waals surface area (Å²) in [6.07, 6.45) is 7.46. The molecule has 0 amide bonds. The van der Waals surface area contributed by atoms with Gasteiger partial charge in [0.05, 0.1) is 16.7 Å². The number of aromatic nitrogens is 3. The van der Waals surface area contributed by atoms with Crippen molar-refractivity contribution in [3.8, 4) is 72.4 Å². The number of hydrogen-bond donors (Lipinski definition) is 0. The fraction of sp³-hybridized carbons (Fsp3) is 0. The summed E-state index contributed by atoms with van der Waals surface area (Å²) in [5, 5.41) is 5.06. The van der Waals surface area contributed by atoms with Crippen molar-refractivity contribution in [2.75, 3.05) is 0 Å². The van der Waals surface area contributed by atoms with Crippen LogP contribution in [-0.4, -0.2) is 14.5 Å². The molecule has 0 N–H and O–H groups in total. The molecular weight excluding hydrogens is 643 g/mol. The van der Waals surface area contributed by atoms with Crippen LogP contribution in [0.2, 0.25) is 0 Å². The highest BCUT2D eigenvalue weighted by Crippen LogP contribution is 2.49. The van der Waals surface area contributed by atoms with Crippen molar-refractivity contribution in [1.82, 2.24) is 14.5 Å². The Balaban J connectivity index is 1.11. The molecule has 0 bridgehead atoms. The topological polar surface area (TPSA) is 30.7 Å². The molecule has 246 valence electrons. The van der Waals surface area contributed by atoms with E-state index in [2.05, 4.69) is 166 Å². The minimum Gasteiger partial charge on any atom is -0.309 e. The van der Waals surface area contributed by atoms with Crippen LogP contribution in [0.25, 0.3) is 105 Å². The van der Waals surface area contributed by atoms with E-state index in [1.54, 1.807) is 0 Å². The SMILES string of the molecule is c1cncc(-c2ccc(-c3ccc4c(c3)c3cc(-c5ccc(-c6cccnc6)cc5)ccc3n4-c3ccc4c5c(cccc35)-c3ccccc3-4)cc2)c1. The van der Waals surface area contributed by atoms with Crippen LogP contribution in [0.4, 0.5) is 0 Å². The Morgan fingerprint density at radius 2 is 0.792 bits per heavy atom. The summed E-state index contributed by atoms with van der Waals surface area (Å²) in [7, 11) is 0. The van der Waals surface area contributed by atoms with Crippen LogP contribution >= 0.6 is 0 Å². The fourth-order valence-corrected chi connectivity index (χ4v) is 8.41. The molecule has 0 unspecified atom stereocenters. The lowest BCUT2D eigenvalue weighted by Crippen LogP contribution is -1.96. The summed E-state index contributed by atoms with van der Waals surface area (Å²) >= 11 is 0. The van der Waals surface area contributed by atoms with E-state index < -0.39 is 0 Å². The third-order valence-corrected chi connectivity index (χ3v) is 11.0. The van der Waals surface area contributed by atoms with Crippen molar-refractivity contribution in [3.05, 3.63) is 189 Å². The molecule has 0 saturated carbocycles. The first-order valence-electron chi connectivity index (χ1n) is 18.0. The Bertz CT molecular complexity index is 2840. The van der Waals surface area contributed by atoms with Gasteiger partial charge in [0, 0.05) is 40.9 Å². The minimum atomic E-state index is 1.12. The third kappa shape index (κ3) is 4.68. The van der Waals surface area contributed by atoms with Crippen molar-refractivity contribution < 1.29 is 0 Å². The van der Waals surface area contributed by atoms with Crippen LogP contribution in [0.15, 0.2) is 189 Å². The van der Waals surface area contributed by atoms with Crippen LogP contribution in [-0.2, 0) is 0 Å². The van der Waals surface area contributed by atoms with Crippen molar-refractivity contribution in [3.63, 3.8) is 0 Å². The molecule has 3 aromatic heterocycles. The number of hydrogen-bond acceptors (Lipinski definition) is 2. The lowest BCUT2D eigenvalue weighted by atomic mass is 9.98. The minimum absolute atomic E-state index is 1.12. The van der Waals surface area contributed by atoms with Crippen molar-refractivity contribution >= 4 is 32.6 Å². The Morgan fingerprint density at radius 1 is 0.321 bits per heavy atom. The first-order valence-corrected chi connectivity index (χ1v) is 18.0. The molecule has 0 fully saturated rings.